The Balaban J connectivity index is 1.59. The van der Waals surface area contributed by atoms with Gasteiger partial charge in [-0.2, -0.15) is 5.10 Å². The van der Waals surface area contributed by atoms with Crippen molar-refractivity contribution in [3.05, 3.63) is 52.4 Å². The third-order valence-corrected chi connectivity index (χ3v) is 5.91. The van der Waals surface area contributed by atoms with Gasteiger partial charge in [-0.25, -0.2) is 19.0 Å². The quantitative estimate of drug-likeness (QED) is 0.709. The lowest BCUT2D eigenvalue weighted by Gasteiger charge is -2.34. The maximum Gasteiger partial charge on any atom is 0.322 e. The maximum atomic E-state index is 13.6. The number of hydrogen-bond donors (Lipinski definition) is 2. The minimum atomic E-state index is -0.644. The first-order valence-corrected chi connectivity index (χ1v) is 10.3. The van der Waals surface area contributed by atoms with E-state index in [0.717, 1.165) is 11.8 Å². The van der Waals surface area contributed by atoms with Crippen LogP contribution in [0, 0.1) is 12.4 Å². The molecule has 1 aromatic carbocycles. The molecule has 32 heavy (non-hydrogen) atoms. The smallest absolute Gasteiger partial charge is 0.322 e. The van der Waals surface area contributed by atoms with Crippen LogP contribution in [0.5, 0.6) is 0 Å². The Hall–Kier alpha value is -3.49. The molecule has 0 spiro atoms. The summed E-state index contributed by atoms with van der Waals surface area (Å²) in [5.74, 6) is -0.880. The Morgan fingerprint density at radius 2 is 2.19 bits per heavy atom. The van der Waals surface area contributed by atoms with Crippen molar-refractivity contribution < 1.29 is 19.1 Å². The van der Waals surface area contributed by atoms with Crippen molar-refractivity contribution in [1.29, 1.82) is 0 Å². The normalized spacial score (nSPS) is 18.6. The molecule has 1 atom stereocenters. The molecule has 0 aliphatic carbocycles. The zero-order valence-corrected chi connectivity index (χ0v) is 17.9. The first-order valence-electron chi connectivity index (χ1n) is 10.3. The molecule has 1 aromatic heterocycles. The number of urea groups is 1. The number of carbonyl (C=O) groups excluding carboxylic acids is 2. The lowest BCUT2D eigenvalue weighted by atomic mass is 9.99. The van der Waals surface area contributed by atoms with E-state index in [4.69, 9.17) is 6.57 Å². The molecule has 2 N–H and O–H groups in total. The number of carbonyl (C=O) groups is 2. The second-order valence-corrected chi connectivity index (χ2v) is 7.89. The first kappa shape index (κ1) is 21.7. The van der Waals surface area contributed by atoms with Crippen LogP contribution in [-0.2, 0) is 19.5 Å². The number of aliphatic hydroxyl groups excluding tert-OH is 1. The number of benzene rings is 1. The number of aliphatic hydroxyl groups is 1. The van der Waals surface area contributed by atoms with Crippen molar-refractivity contribution in [2.75, 3.05) is 32.1 Å². The largest absolute Gasteiger partial charge is 0.395 e. The number of hydrazine groups is 1. The summed E-state index contributed by atoms with van der Waals surface area (Å²) in [6, 6.07) is 3.27. The van der Waals surface area contributed by atoms with Gasteiger partial charge in [0, 0.05) is 43.9 Å². The Kier molecular flexibility index (Phi) is 5.82. The summed E-state index contributed by atoms with van der Waals surface area (Å²) < 4.78 is 15.3. The van der Waals surface area contributed by atoms with E-state index in [1.54, 1.807) is 21.6 Å². The molecule has 0 saturated carbocycles. The van der Waals surface area contributed by atoms with Gasteiger partial charge >= 0.3 is 6.03 Å². The minimum Gasteiger partial charge on any atom is -0.395 e. The highest BCUT2D eigenvalue weighted by atomic mass is 19.1. The van der Waals surface area contributed by atoms with Crippen LogP contribution in [0.15, 0.2) is 18.2 Å². The van der Waals surface area contributed by atoms with Crippen LogP contribution in [0.3, 0.4) is 0 Å². The third kappa shape index (κ3) is 3.79. The number of anilines is 1. The molecule has 11 heteroatoms. The predicted octanol–water partition coefficient (Wildman–Crippen LogP) is 1.85. The molecular weight excluding hydrogens is 417 g/mol. The van der Waals surface area contributed by atoms with Gasteiger partial charge in [-0.3, -0.25) is 14.5 Å². The van der Waals surface area contributed by atoms with Crippen LogP contribution < -0.4 is 5.32 Å². The number of hydrogen-bond acceptors (Lipinski definition) is 5. The fourth-order valence-corrected chi connectivity index (χ4v) is 4.16. The second kappa shape index (κ2) is 8.57. The molecule has 0 bridgehead atoms. The third-order valence-electron chi connectivity index (χ3n) is 5.91. The van der Waals surface area contributed by atoms with Crippen LogP contribution in [0.25, 0.3) is 4.85 Å². The number of halogens is 1. The summed E-state index contributed by atoms with van der Waals surface area (Å²) >= 11 is 0. The highest BCUT2D eigenvalue weighted by molar-refractivity contribution is 5.95. The number of fused-ring (bicyclic) bond motifs is 3. The van der Waals surface area contributed by atoms with Gasteiger partial charge in [-0.05, 0) is 25.1 Å². The van der Waals surface area contributed by atoms with E-state index in [0.29, 0.717) is 43.0 Å². The zero-order chi connectivity index (χ0) is 23.0. The monoisotopic (exact) mass is 441 g/mol. The topological polar surface area (TPSA) is 98.3 Å². The molecule has 0 saturated heterocycles. The van der Waals surface area contributed by atoms with Gasteiger partial charge in [0.05, 0.1) is 32.0 Å². The summed E-state index contributed by atoms with van der Waals surface area (Å²) in [6.45, 7) is 10.4. The average Bonchev–Trinajstić information content (AvgIpc) is 3.07. The van der Waals surface area contributed by atoms with Crippen LogP contribution in [0.4, 0.5) is 20.6 Å². The molecule has 2 aromatic rings. The molecule has 4 rings (SSSR count). The number of β-amino-alcohol motifs (C(OH)–C–C–N with tert-alkyl or cyclic N) is 1. The van der Waals surface area contributed by atoms with Crippen molar-refractivity contribution in [1.82, 2.24) is 24.7 Å². The van der Waals surface area contributed by atoms with E-state index in [1.165, 1.54) is 17.1 Å². The summed E-state index contributed by atoms with van der Waals surface area (Å²) in [6.07, 6.45) is 0.497. The highest BCUT2D eigenvalue weighted by Gasteiger charge is 2.37. The van der Waals surface area contributed by atoms with E-state index in [-0.39, 0.29) is 30.8 Å². The number of nitrogens with zero attached hydrogens (tertiary/aromatic N) is 6. The van der Waals surface area contributed by atoms with Crippen LogP contribution in [0.1, 0.15) is 28.7 Å². The van der Waals surface area contributed by atoms with E-state index in [2.05, 4.69) is 15.3 Å². The number of amides is 3. The highest BCUT2D eigenvalue weighted by Crippen LogP contribution is 2.29. The minimum absolute atomic E-state index is 0.0674. The van der Waals surface area contributed by atoms with Gasteiger partial charge in [0.15, 0.2) is 0 Å². The van der Waals surface area contributed by atoms with E-state index in [9.17, 15) is 19.1 Å². The van der Waals surface area contributed by atoms with Crippen LogP contribution in [0.2, 0.25) is 0 Å². The standard InChI is InChI=1S/C21H24FN7O3/c1-13-10-17-15(19-20(31)26(3)27(8-9-30)6-7-29(19)25-17)12-28(13)21(32)24-14-4-5-16(22)18(11-14)23-2/h4-5,11,13,30H,6-10,12H2,1,3H3,(H,24,32). The first-order chi connectivity index (χ1) is 15.3. The Labute approximate surface area is 184 Å². The van der Waals surface area contributed by atoms with Gasteiger partial charge in [0.25, 0.3) is 5.91 Å². The molecule has 168 valence electrons. The average molecular weight is 441 g/mol. The Morgan fingerprint density at radius 1 is 1.41 bits per heavy atom. The zero-order valence-electron chi connectivity index (χ0n) is 17.9. The number of nitrogens with one attached hydrogen (secondary N) is 1. The van der Waals surface area contributed by atoms with Gasteiger partial charge in [0.2, 0.25) is 5.69 Å². The molecule has 0 radical (unpaired) electrons. The lowest BCUT2D eigenvalue weighted by Crippen LogP contribution is -2.46. The van der Waals surface area contributed by atoms with E-state index < -0.39 is 11.8 Å². The SMILES string of the molecule is [C-]#[N+]c1cc(NC(=O)N2Cc3c(nn4c3C(=O)N(C)N(CCO)CC4)CC2C)ccc1F. The number of aromatic nitrogens is 2. The summed E-state index contributed by atoms with van der Waals surface area (Å²) in [7, 11) is 1.66. The number of rotatable bonds is 3. The van der Waals surface area contributed by atoms with Crippen molar-refractivity contribution in [2.45, 2.75) is 32.5 Å². The van der Waals surface area contributed by atoms with Gasteiger partial charge in [0.1, 0.15) is 11.5 Å². The fourth-order valence-electron chi connectivity index (χ4n) is 4.16. The van der Waals surface area contributed by atoms with Crippen molar-refractivity contribution in [3.8, 4) is 0 Å². The Morgan fingerprint density at radius 3 is 2.91 bits per heavy atom. The fraction of sp³-hybridized carbons (Fsp3) is 0.429. The molecule has 0 fully saturated rings. The Bertz CT molecular complexity index is 1110. The van der Waals surface area contributed by atoms with Crippen molar-refractivity contribution >= 4 is 23.3 Å². The summed E-state index contributed by atoms with van der Waals surface area (Å²) in [5, 5.41) is 19.9. The lowest BCUT2D eigenvalue weighted by molar-refractivity contribution is -0.000216. The second-order valence-electron chi connectivity index (χ2n) is 7.89. The molecule has 2 aliphatic rings. The molecule has 3 amide bonds. The van der Waals surface area contributed by atoms with Gasteiger partial charge in [-0.1, -0.05) is 0 Å². The molecule has 1 unspecified atom stereocenters. The van der Waals surface area contributed by atoms with E-state index in [1.807, 2.05) is 6.92 Å². The maximum absolute atomic E-state index is 13.6. The van der Waals surface area contributed by atoms with Crippen LogP contribution >= 0.6 is 0 Å². The molecular formula is C21H24FN7O3. The van der Waals surface area contributed by atoms with E-state index >= 15 is 0 Å². The summed E-state index contributed by atoms with van der Waals surface area (Å²) in [4.78, 5) is 30.9. The van der Waals surface area contributed by atoms with Crippen molar-refractivity contribution in [3.63, 3.8) is 0 Å². The van der Waals surface area contributed by atoms with Gasteiger partial charge in [-0.15, -0.1) is 0 Å². The van der Waals surface area contributed by atoms with Crippen LogP contribution in [-0.4, -0.2) is 74.5 Å². The molecule has 2 aliphatic heterocycles. The molecule has 3 heterocycles. The van der Waals surface area contributed by atoms with Crippen molar-refractivity contribution in [2.24, 2.45) is 0 Å². The summed E-state index contributed by atoms with van der Waals surface area (Å²) in [5.41, 5.74) is 2.11. The molecule has 10 nitrogen and oxygen atoms in total. The van der Waals surface area contributed by atoms with Gasteiger partial charge < -0.3 is 15.3 Å². The predicted molar refractivity (Wildman–Crippen MR) is 113 cm³/mol.